The molecular formula is C22H22ClN3O7. The Morgan fingerprint density at radius 3 is 2.21 bits per heavy atom. The summed E-state index contributed by atoms with van der Waals surface area (Å²) in [6, 6.07) is 10.6. The fourth-order valence-electron chi connectivity index (χ4n) is 3.36. The number of nitro groups is 1. The highest BCUT2D eigenvalue weighted by atomic mass is 35.5. The van der Waals surface area contributed by atoms with Crippen molar-refractivity contribution in [3.05, 3.63) is 68.7 Å². The van der Waals surface area contributed by atoms with Gasteiger partial charge >= 0.3 is 11.9 Å². The Bertz CT molecular complexity index is 1070. The van der Waals surface area contributed by atoms with E-state index < -0.39 is 29.2 Å². The van der Waals surface area contributed by atoms with Crippen LogP contribution in [0.3, 0.4) is 0 Å². The molecule has 10 nitrogen and oxygen atoms in total. The van der Waals surface area contributed by atoms with Gasteiger partial charge in [0, 0.05) is 49.0 Å². The van der Waals surface area contributed by atoms with E-state index in [0.717, 1.165) is 23.9 Å². The molecule has 1 saturated heterocycles. The number of carbonyl (C=O) groups excluding carboxylic acids is 3. The fraction of sp³-hybridized carbons (Fsp3) is 0.318. The molecule has 0 aromatic heterocycles. The first-order chi connectivity index (χ1) is 15.8. The molecule has 2 aromatic rings. The molecule has 0 saturated carbocycles. The van der Waals surface area contributed by atoms with Crippen LogP contribution in [-0.2, 0) is 14.3 Å². The van der Waals surface area contributed by atoms with Gasteiger partial charge in [0.05, 0.1) is 22.7 Å². The summed E-state index contributed by atoms with van der Waals surface area (Å²) in [5.41, 5.74) is 0.132. The van der Waals surface area contributed by atoms with Gasteiger partial charge in [-0.3, -0.25) is 14.9 Å². The van der Waals surface area contributed by atoms with E-state index in [0.29, 0.717) is 31.2 Å². The molecule has 0 spiro atoms. The minimum absolute atomic E-state index is 0.0698. The average Bonchev–Trinajstić information content (AvgIpc) is 2.82. The molecule has 1 aliphatic rings. The van der Waals surface area contributed by atoms with Gasteiger partial charge in [0.1, 0.15) is 0 Å². The molecular weight excluding hydrogens is 454 g/mol. The van der Waals surface area contributed by atoms with Crippen molar-refractivity contribution in [1.29, 1.82) is 0 Å². The zero-order valence-electron chi connectivity index (χ0n) is 17.9. The molecule has 11 heteroatoms. The zero-order valence-corrected chi connectivity index (χ0v) is 18.6. The highest BCUT2D eigenvalue weighted by molar-refractivity contribution is 6.30. The van der Waals surface area contributed by atoms with Crippen LogP contribution in [-0.4, -0.2) is 67.1 Å². The number of carbonyl (C=O) groups is 3. The first kappa shape index (κ1) is 24.0. The maximum atomic E-state index is 12.5. The minimum atomic E-state index is -0.949. The number of halogens is 1. The Morgan fingerprint density at radius 1 is 1.00 bits per heavy atom. The van der Waals surface area contributed by atoms with Crippen molar-refractivity contribution in [2.75, 3.05) is 44.3 Å². The first-order valence-electron chi connectivity index (χ1n) is 10.2. The Morgan fingerprint density at radius 2 is 1.64 bits per heavy atom. The lowest BCUT2D eigenvalue weighted by molar-refractivity contribution is -0.384. The molecule has 3 rings (SSSR count). The van der Waals surface area contributed by atoms with Crippen LogP contribution in [0.5, 0.6) is 0 Å². The van der Waals surface area contributed by atoms with Crippen LogP contribution in [0.1, 0.15) is 27.6 Å². The number of amides is 1. The van der Waals surface area contributed by atoms with E-state index in [2.05, 4.69) is 4.90 Å². The Balaban J connectivity index is 1.58. The SMILES string of the molecule is CCOC(=O)c1cc(C(=O)OCC(=O)N2CCN(c3cccc(Cl)c3)CC2)cc([N+](=O)[O-])c1. The fourth-order valence-corrected chi connectivity index (χ4v) is 3.54. The Labute approximate surface area is 194 Å². The molecule has 0 radical (unpaired) electrons. The van der Waals surface area contributed by atoms with E-state index in [1.807, 2.05) is 18.2 Å². The molecule has 0 aliphatic carbocycles. The van der Waals surface area contributed by atoms with Crippen molar-refractivity contribution in [3.63, 3.8) is 0 Å². The number of non-ortho nitro benzene ring substituents is 1. The third-order valence-corrected chi connectivity index (χ3v) is 5.24. The molecule has 174 valence electrons. The van der Waals surface area contributed by atoms with Crippen LogP contribution in [0, 0.1) is 10.1 Å². The predicted octanol–water partition coefficient (Wildman–Crippen LogP) is 2.93. The second kappa shape index (κ2) is 10.8. The number of ether oxygens (including phenoxy) is 2. The molecule has 0 atom stereocenters. The van der Waals surface area contributed by atoms with Gasteiger partial charge in [-0.25, -0.2) is 9.59 Å². The van der Waals surface area contributed by atoms with Gasteiger partial charge in [-0.2, -0.15) is 0 Å². The lowest BCUT2D eigenvalue weighted by Gasteiger charge is -2.36. The summed E-state index contributed by atoms with van der Waals surface area (Å²) in [4.78, 5) is 51.0. The lowest BCUT2D eigenvalue weighted by atomic mass is 10.1. The highest BCUT2D eigenvalue weighted by Crippen LogP contribution is 2.21. The summed E-state index contributed by atoms with van der Waals surface area (Å²) in [5, 5.41) is 11.8. The number of nitrogens with zero attached hydrogens (tertiary/aromatic N) is 3. The van der Waals surface area contributed by atoms with Crippen molar-refractivity contribution >= 4 is 40.8 Å². The average molecular weight is 476 g/mol. The maximum absolute atomic E-state index is 12.5. The van der Waals surface area contributed by atoms with Crippen molar-refractivity contribution in [2.45, 2.75) is 6.92 Å². The molecule has 1 heterocycles. The Kier molecular flexibility index (Phi) is 7.83. The van der Waals surface area contributed by atoms with Gasteiger partial charge in [0.25, 0.3) is 11.6 Å². The molecule has 0 bridgehead atoms. The molecule has 1 amide bonds. The number of anilines is 1. The zero-order chi connectivity index (χ0) is 24.0. The number of nitro benzene ring substituents is 1. The quantitative estimate of drug-likeness (QED) is 0.340. The van der Waals surface area contributed by atoms with Crippen LogP contribution in [0.15, 0.2) is 42.5 Å². The number of benzene rings is 2. The number of hydrogen-bond donors (Lipinski definition) is 0. The van der Waals surface area contributed by atoms with Gasteiger partial charge in [0.15, 0.2) is 6.61 Å². The summed E-state index contributed by atoms with van der Waals surface area (Å²) in [6.45, 7) is 3.19. The number of piperazine rings is 1. The number of hydrogen-bond acceptors (Lipinski definition) is 8. The second-order valence-electron chi connectivity index (χ2n) is 7.17. The largest absolute Gasteiger partial charge is 0.462 e. The smallest absolute Gasteiger partial charge is 0.338 e. The van der Waals surface area contributed by atoms with Crippen LogP contribution in [0.25, 0.3) is 0 Å². The van der Waals surface area contributed by atoms with Crippen LogP contribution >= 0.6 is 11.6 Å². The molecule has 0 N–H and O–H groups in total. The lowest BCUT2D eigenvalue weighted by Crippen LogP contribution is -2.49. The summed E-state index contributed by atoms with van der Waals surface area (Å²) < 4.78 is 9.90. The van der Waals surface area contributed by atoms with Crippen molar-refractivity contribution in [2.24, 2.45) is 0 Å². The first-order valence-corrected chi connectivity index (χ1v) is 10.6. The van der Waals surface area contributed by atoms with Gasteiger partial charge in [-0.1, -0.05) is 17.7 Å². The summed E-state index contributed by atoms with van der Waals surface area (Å²) in [7, 11) is 0. The maximum Gasteiger partial charge on any atom is 0.338 e. The molecule has 2 aromatic carbocycles. The monoisotopic (exact) mass is 475 g/mol. The highest BCUT2D eigenvalue weighted by Gasteiger charge is 2.24. The summed E-state index contributed by atoms with van der Waals surface area (Å²) >= 11 is 6.03. The van der Waals surface area contributed by atoms with E-state index >= 15 is 0 Å². The van der Waals surface area contributed by atoms with Crippen LogP contribution < -0.4 is 4.90 Å². The Hall–Kier alpha value is -3.66. The van der Waals surface area contributed by atoms with E-state index in [1.165, 1.54) is 0 Å². The van der Waals surface area contributed by atoms with Crippen molar-refractivity contribution in [1.82, 2.24) is 4.90 Å². The van der Waals surface area contributed by atoms with Gasteiger partial charge < -0.3 is 19.3 Å². The molecule has 0 unspecified atom stereocenters. The van der Waals surface area contributed by atoms with Crippen molar-refractivity contribution < 1.29 is 28.8 Å². The normalized spacial score (nSPS) is 13.4. The molecule has 1 aliphatic heterocycles. The van der Waals surface area contributed by atoms with Gasteiger partial charge in [0.2, 0.25) is 0 Å². The third-order valence-electron chi connectivity index (χ3n) is 5.01. The molecule has 33 heavy (non-hydrogen) atoms. The number of esters is 2. The van der Waals surface area contributed by atoms with E-state index in [9.17, 15) is 24.5 Å². The number of rotatable bonds is 7. The topological polar surface area (TPSA) is 119 Å². The van der Waals surface area contributed by atoms with E-state index in [-0.39, 0.29) is 23.6 Å². The van der Waals surface area contributed by atoms with Gasteiger partial charge in [-0.05, 0) is 31.2 Å². The third kappa shape index (κ3) is 6.19. The van der Waals surface area contributed by atoms with Crippen LogP contribution in [0.4, 0.5) is 11.4 Å². The molecule has 1 fully saturated rings. The van der Waals surface area contributed by atoms with Crippen LogP contribution in [0.2, 0.25) is 5.02 Å². The van der Waals surface area contributed by atoms with E-state index in [1.54, 1.807) is 17.9 Å². The predicted molar refractivity (Wildman–Crippen MR) is 120 cm³/mol. The van der Waals surface area contributed by atoms with Gasteiger partial charge in [-0.15, -0.1) is 0 Å². The van der Waals surface area contributed by atoms with Crippen molar-refractivity contribution in [3.8, 4) is 0 Å². The summed E-state index contributed by atoms with van der Waals surface area (Å²) in [6.07, 6.45) is 0. The van der Waals surface area contributed by atoms with E-state index in [4.69, 9.17) is 21.1 Å². The minimum Gasteiger partial charge on any atom is -0.462 e. The summed E-state index contributed by atoms with van der Waals surface area (Å²) in [5.74, 6) is -2.13. The second-order valence-corrected chi connectivity index (χ2v) is 7.61. The standard InChI is InChI=1S/C22H22ClN3O7/c1-2-32-21(28)15-10-16(12-19(11-15)26(30)31)22(29)33-14-20(27)25-8-6-24(7-9-25)18-5-3-4-17(23)13-18/h3-5,10-13H,2,6-9,14H2,1H3.